The summed E-state index contributed by atoms with van der Waals surface area (Å²) in [4.78, 5) is 19.6. The Kier molecular flexibility index (Phi) is 9.48. The predicted molar refractivity (Wildman–Crippen MR) is 89.9 cm³/mol. The summed E-state index contributed by atoms with van der Waals surface area (Å²) in [5, 5.41) is 12.5. The van der Waals surface area contributed by atoms with Crippen LogP contribution in [0.15, 0.2) is 53.9 Å². The van der Waals surface area contributed by atoms with Gasteiger partial charge in [-0.3, -0.25) is 9.78 Å². The van der Waals surface area contributed by atoms with Crippen LogP contribution in [0.5, 0.6) is 0 Å². The van der Waals surface area contributed by atoms with Gasteiger partial charge in [0.2, 0.25) is 0 Å². The number of nitrogens with zero attached hydrogens (tertiary/aromatic N) is 2. The van der Waals surface area contributed by atoms with E-state index in [1.165, 1.54) is 18.3 Å². The first-order valence-corrected chi connectivity index (χ1v) is 7.87. The van der Waals surface area contributed by atoms with E-state index in [4.69, 9.17) is 9.94 Å². The molecule has 0 aliphatic rings. The predicted octanol–water partition coefficient (Wildman–Crippen LogP) is 1.24. The van der Waals surface area contributed by atoms with Crippen molar-refractivity contribution in [1.29, 1.82) is 0 Å². The Morgan fingerprint density at radius 3 is 2.56 bits per heavy atom. The fourth-order valence-corrected chi connectivity index (χ4v) is 2.17. The van der Waals surface area contributed by atoms with Gasteiger partial charge in [-0.1, -0.05) is 17.3 Å². The topological polar surface area (TPSA) is 71.8 Å². The van der Waals surface area contributed by atoms with E-state index < -0.39 is 17.7 Å². The molecular weight excluding hydrogens is 372 g/mol. The van der Waals surface area contributed by atoms with Crippen molar-refractivity contribution >= 4 is 11.7 Å². The van der Waals surface area contributed by atoms with E-state index in [2.05, 4.69) is 10.1 Å². The molecule has 140 valence electrons. The van der Waals surface area contributed by atoms with Crippen molar-refractivity contribution in [1.82, 2.24) is 4.98 Å². The average molecular weight is 390 g/mol. The summed E-state index contributed by atoms with van der Waals surface area (Å²) >= 11 is 0. The molecule has 1 aromatic carbocycles. The number of carbonyl (C=O) groups is 1. The Morgan fingerprint density at radius 1 is 1.19 bits per heavy atom. The van der Waals surface area contributed by atoms with Crippen LogP contribution in [0.25, 0.3) is 0 Å². The molecule has 1 N–H and O–H groups in total. The minimum Gasteiger partial charge on any atom is -1.00 e. The molecule has 0 aliphatic carbocycles. The van der Waals surface area contributed by atoms with Crippen molar-refractivity contribution < 1.29 is 58.9 Å². The number of benzene rings is 1. The second-order valence-corrected chi connectivity index (χ2v) is 5.44. The number of rotatable bonds is 8. The molecule has 1 heterocycles. The van der Waals surface area contributed by atoms with Crippen LogP contribution in [0.3, 0.4) is 0 Å². The summed E-state index contributed by atoms with van der Waals surface area (Å²) < 4.78 is 38.9. The Balaban J connectivity index is 0.00000364. The first-order chi connectivity index (χ1) is 12.4. The number of unbranched alkanes of at least 4 members (excludes halogenated alkanes) is 1. The number of aliphatic carboxylic acids is 1. The molecule has 27 heavy (non-hydrogen) atoms. The molecule has 9 heteroatoms. The van der Waals surface area contributed by atoms with E-state index in [0.717, 1.165) is 12.1 Å². The van der Waals surface area contributed by atoms with E-state index in [-0.39, 0.29) is 55.3 Å². The van der Waals surface area contributed by atoms with Crippen molar-refractivity contribution in [2.45, 2.75) is 25.4 Å². The van der Waals surface area contributed by atoms with Gasteiger partial charge in [0, 0.05) is 29.9 Å². The second kappa shape index (κ2) is 11.1. The van der Waals surface area contributed by atoms with Crippen LogP contribution >= 0.6 is 0 Å². The maximum absolute atomic E-state index is 13.0. The summed E-state index contributed by atoms with van der Waals surface area (Å²) in [5.41, 5.74) is 0.200. The molecule has 0 radical (unpaired) electrons. The molecule has 0 bridgehead atoms. The standard InChI is InChI=1S/C18H17F3N2O3.Na.H/c19-18(20,21)15-7-3-5-13(11-15)17(14-6-4-9-22-12-14)23-26-10-2-1-8-16(24)25;;/h3-7,9,11-12H,1-2,8,10H2,(H,24,25);;/q;+1;-1. The SMILES string of the molecule is O=C(O)CCCCON=C(c1cccnc1)c1cccc(C(F)(F)F)c1.[H-].[Na+]. The minimum atomic E-state index is -4.46. The van der Waals surface area contributed by atoms with Crippen LogP contribution < -0.4 is 29.6 Å². The van der Waals surface area contributed by atoms with Gasteiger partial charge in [0.25, 0.3) is 0 Å². The van der Waals surface area contributed by atoms with Gasteiger partial charge < -0.3 is 11.4 Å². The number of carboxylic acid groups (broad SMARTS) is 1. The van der Waals surface area contributed by atoms with E-state index in [1.807, 2.05) is 0 Å². The van der Waals surface area contributed by atoms with Gasteiger partial charge in [0.15, 0.2) is 0 Å². The fourth-order valence-electron chi connectivity index (χ4n) is 2.17. The summed E-state index contributed by atoms with van der Waals surface area (Å²) in [6.45, 7) is 0.163. The quantitative estimate of drug-likeness (QED) is 0.319. The number of oxime groups is 1. The average Bonchev–Trinajstić information content (AvgIpc) is 2.61. The van der Waals surface area contributed by atoms with Crippen molar-refractivity contribution in [2.75, 3.05) is 6.61 Å². The molecule has 0 amide bonds. The third-order valence-electron chi connectivity index (χ3n) is 3.43. The second-order valence-electron chi connectivity index (χ2n) is 5.44. The van der Waals surface area contributed by atoms with Gasteiger partial charge in [-0.25, -0.2) is 0 Å². The zero-order valence-corrected chi connectivity index (χ0v) is 16.7. The maximum Gasteiger partial charge on any atom is 1.00 e. The van der Waals surface area contributed by atoms with Gasteiger partial charge in [-0.05, 0) is 37.1 Å². The summed E-state index contributed by atoms with van der Waals surface area (Å²) in [6, 6.07) is 8.10. The number of hydrogen-bond acceptors (Lipinski definition) is 4. The smallest absolute Gasteiger partial charge is 1.00 e. The first-order valence-electron chi connectivity index (χ1n) is 7.87. The summed E-state index contributed by atoms with van der Waals surface area (Å²) in [5.74, 6) is -0.895. The Bertz CT molecular complexity index is 774. The van der Waals surface area contributed by atoms with Crippen molar-refractivity contribution in [3.63, 3.8) is 0 Å². The van der Waals surface area contributed by atoms with E-state index in [0.29, 0.717) is 18.4 Å². The van der Waals surface area contributed by atoms with Crippen molar-refractivity contribution in [3.8, 4) is 0 Å². The molecule has 0 saturated carbocycles. The molecule has 0 unspecified atom stereocenters. The monoisotopic (exact) mass is 390 g/mol. The van der Waals surface area contributed by atoms with Crippen LogP contribution in [-0.2, 0) is 15.8 Å². The van der Waals surface area contributed by atoms with E-state index >= 15 is 0 Å². The molecule has 0 spiro atoms. The third-order valence-corrected chi connectivity index (χ3v) is 3.43. The number of halogens is 3. The molecule has 0 fully saturated rings. The largest absolute Gasteiger partial charge is 1.00 e. The zero-order valence-electron chi connectivity index (χ0n) is 15.7. The van der Waals surface area contributed by atoms with Gasteiger partial charge in [0.05, 0.1) is 5.56 Å². The zero-order chi connectivity index (χ0) is 19.0. The first kappa shape index (κ1) is 23.1. The molecule has 2 rings (SSSR count). The van der Waals surface area contributed by atoms with Gasteiger partial charge in [0.1, 0.15) is 12.3 Å². The van der Waals surface area contributed by atoms with E-state index in [9.17, 15) is 18.0 Å². The van der Waals surface area contributed by atoms with Crippen LogP contribution in [0.1, 0.15) is 37.4 Å². The molecular formula is C18H18F3N2NaO3. The number of pyridine rings is 1. The molecule has 0 atom stereocenters. The Hall–Kier alpha value is -1.90. The third kappa shape index (κ3) is 7.70. The fraction of sp³-hybridized carbons (Fsp3) is 0.278. The normalized spacial score (nSPS) is 11.6. The molecule has 2 aromatic rings. The minimum absolute atomic E-state index is 0. The van der Waals surface area contributed by atoms with Crippen molar-refractivity contribution in [2.24, 2.45) is 5.16 Å². The van der Waals surface area contributed by atoms with Crippen LogP contribution in [-0.4, -0.2) is 28.4 Å². The Labute approximate surface area is 178 Å². The van der Waals surface area contributed by atoms with Crippen LogP contribution in [0, 0.1) is 0 Å². The number of alkyl halides is 3. The summed E-state index contributed by atoms with van der Waals surface area (Å²) in [7, 11) is 0. The van der Waals surface area contributed by atoms with Crippen LogP contribution in [0.4, 0.5) is 13.2 Å². The van der Waals surface area contributed by atoms with Crippen molar-refractivity contribution in [3.05, 3.63) is 65.5 Å². The molecule has 5 nitrogen and oxygen atoms in total. The maximum atomic E-state index is 13.0. The van der Waals surface area contributed by atoms with Gasteiger partial charge in [-0.2, -0.15) is 13.2 Å². The summed E-state index contributed by atoms with van der Waals surface area (Å²) in [6.07, 6.45) is -0.522. The number of hydrogen-bond donors (Lipinski definition) is 1. The molecule has 0 aliphatic heterocycles. The van der Waals surface area contributed by atoms with Gasteiger partial charge in [-0.15, -0.1) is 0 Å². The van der Waals surface area contributed by atoms with E-state index in [1.54, 1.807) is 18.3 Å². The molecule has 0 saturated heterocycles. The Morgan fingerprint density at radius 2 is 1.93 bits per heavy atom. The molecule has 1 aromatic heterocycles. The number of aromatic nitrogens is 1. The van der Waals surface area contributed by atoms with Gasteiger partial charge >= 0.3 is 41.7 Å². The number of carboxylic acids is 1. The van der Waals surface area contributed by atoms with Crippen LogP contribution in [0.2, 0.25) is 0 Å².